The summed E-state index contributed by atoms with van der Waals surface area (Å²) in [7, 11) is 0. The smallest absolute Gasteiger partial charge is 0.167 e. The summed E-state index contributed by atoms with van der Waals surface area (Å²) >= 11 is 0. The number of allylic oxidation sites excluding steroid dienone is 1. The van der Waals surface area contributed by atoms with E-state index in [1.165, 1.54) is 6.92 Å². The Bertz CT molecular complexity index is 443. The quantitative estimate of drug-likeness (QED) is 0.695. The van der Waals surface area contributed by atoms with Crippen molar-refractivity contribution in [3.05, 3.63) is 42.0 Å². The number of carbonyl (C=O) groups excluding carboxylic acids is 2. The number of hydrogen-bond acceptors (Lipinski definition) is 3. The van der Waals surface area contributed by atoms with E-state index in [4.69, 9.17) is 4.74 Å². The summed E-state index contributed by atoms with van der Waals surface area (Å²) in [5.74, 6) is 0.748. The molecule has 0 saturated heterocycles. The lowest BCUT2D eigenvalue weighted by atomic mass is 10.0. The third-order valence-corrected chi connectivity index (χ3v) is 2.48. The highest BCUT2D eigenvalue weighted by atomic mass is 16.5. The maximum Gasteiger partial charge on any atom is 0.167 e. The third kappa shape index (κ3) is 4.95. The van der Waals surface area contributed by atoms with Crippen molar-refractivity contribution in [3.63, 3.8) is 0 Å². The third-order valence-electron chi connectivity index (χ3n) is 2.48. The van der Waals surface area contributed by atoms with E-state index in [9.17, 15) is 9.59 Å². The second-order valence-corrected chi connectivity index (χ2v) is 4.34. The number of ketones is 2. The average molecular weight is 246 g/mol. The molecule has 3 nitrogen and oxygen atoms in total. The van der Waals surface area contributed by atoms with Gasteiger partial charge >= 0.3 is 0 Å². The van der Waals surface area contributed by atoms with Gasteiger partial charge in [-0.2, -0.15) is 0 Å². The van der Waals surface area contributed by atoms with Gasteiger partial charge < -0.3 is 4.74 Å². The largest absolute Gasteiger partial charge is 0.486 e. The molecule has 0 atom stereocenters. The van der Waals surface area contributed by atoms with Crippen LogP contribution in [0.15, 0.2) is 36.4 Å². The van der Waals surface area contributed by atoms with Gasteiger partial charge in [0.05, 0.1) is 0 Å². The molecule has 0 aliphatic rings. The van der Waals surface area contributed by atoms with Gasteiger partial charge in [-0.05, 0) is 43.5 Å². The molecule has 0 fully saturated rings. The van der Waals surface area contributed by atoms with Crippen molar-refractivity contribution in [3.8, 4) is 5.75 Å². The molecule has 0 aromatic heterocycles. The molecular weight excluding hydrogens is 228 g/mol. The molecule has 0 bridgehead atoms. The normalized spacial score (nSPS) is 9.89. The minimum absolute atomic E-state index is 0.00821. The van der Waals surface area contributed by atoms with Crippen LogP contribution in [0.4, 0.5) is 0 Å². The van der Waals surface area contributed by atoms with Crippen LogP contribution in [0.1, 0.15) is 25.8 Å². The number of aryl methyl sites for hydroxylation is 1. The molecule has 18 heavy (non-hydrogen) atoms. The van der Waals surface area contributed by atoms with Gasteiger partial charge in [-0.15, -0.1) is 0 Å². The van der Waals surface area contributed by atoms with Crippen LogP contribution in [0.3, 0.4) is 0 Å². The SMILES string of the molecule is C=C(C)C(=O)CCc1ccc(OCC(C)=O)cc1. The molecule has 0 heterocycles. The Balaban J connectivity index is 2.47. The van der Waals surface area contributed by atoms with E-state index in [1.807, 2.05) is 24.3 Å². The second kappa shape index (κ2) is 6.74. The van der Waals surface area contributed by atoms with Crippen LogP contribution in [0.25, 0.3) is 0 Å². The molecule has 0 unspecified atom stereocenters. The van der Waals surface area contributed by atoms with Crippen molar-refractivity contribution in [2.45, 2.75) is 26.7 Å². The van der Waals surface area contributed by atoms with Crippen molar-refractivity contribution in [2.24, 2.45) is 0 Å². The van der Waals surface area contributed by atoms with E-state index in [1.54, 1.807) is 6.92 Å². The van der Waals surface area contributed by atoms with Crippen LogP contribution >= 0.6 is 0 Å². The first-order chi connectivity index (χ1) is 8.49. The monoisotopic (exact) mass is 246 g/mol. The lowest BCUT2D eigenvalue weighted by Crippen LogP contribution is -2.06. The van der Waals surface area contributed by atoms with Gasteiger partial charge in [0.25, 0.3) is 0 Å². The van der Waals surface area contributed by atoms with Gasteiger partial charge in [0, 0.05) is 6.42 Å². The number of Topliss-reactive ketones (excluding diaryl/α,β-unsaturated/α-hetero) is 2. The van der Waals surface area contributed by atoms with Crippen LogP contribution in [-0.2, 0) is 16.0 Å². The first-order valence-electron chi connectivity index (χ1n) is 5.89. The van der Waals surface area contributed by atoms with Crippen molar-refractivity contribution < 1.29 is 14.3 Å². The zero-order chi connectivity index (χ0) is 13.5. The van der Waals surface area contributed by atoms with Crippen molar-refractivity contribution in [1.29, 1.82) is 0 Å². The fourth-order valence-corrected chi connectivity index (χ4v) is 1.41. The molecule has 0 saturated carbocycles. The van der Waals surface area contributed by atoms with Crippen LogP contribution in [0, 0.1) is 0 Å². The lowest BCUT2D eigenvalue weighted by molar-refractivity contribution is -0.119. The molecule has 0 aliphatic carbocycles. The summed E-state index contributed by atoms with van der Waals surface area (Å²) < 4.78 is 5.26. The minimum Gasteiger partial charge on any atom is -0.486 e. The molecular formula is C15H18O3. The first kappa shape index (κ1) is 14.2. The number of benzene rings is 1. The van der Waals surface area contributed by atoms with E-state index < -0.39 is 0 Å². The van der Waals surface area contributed by atoms with E-state index >= 15 is 0 Å². The van der Waals surface area contributed by atoms with Crippen molar-refractivity contribution >= 4 is 11.6 Å². The zero-order valence-electron chi connectivity index (χ0n) is 10.9. The van der Waals surface area contributed by atoms with Crippen molar-refractivity contribution in [2.75, 3.05) is 6.61 Å². The van der Waals surface area contributed by atoms with Gasteiger partial charge in [0.2, 0.25) is 0 Å². The number of ether oxygens (including phenoxy) is 1. The molecule has 0 aliphatic heterocycles. The van der Waals surface area contributed by atoms with Crippen LogP contribution in [-0.4, -0.2) is 18.2 Å². The van der Waals surface area contributed by atoms with E-state index in [0.717, 1.165) is 5.56 Å². The Hall–Kier alpha value is -1.90. The summed E-state index contributed by atoms with van der Waals surface area (Å²) in [6, 6.07) is 7.43. The van der Waals surface area contributed by atoms with Crippen molar-refractivity contribution in [1.82, 2.24) is 0 Å². The molecule has 1 aromatic rings. The Morgan fingerprint density at radius 1 is 1.17 bits per heavy atom. The van der Waals surface area contributed by atoms with Gasteiger partial charge in [0.1, 0.15) is 12.4 Å². The van der Waals surface area contributed by atoms with Crippen LogP contribution in [0.5, 0.6) is 5.75 Å². The molecule has 0 amide bonds. The molecule has 0 spiro atoms. The maximum atomic E-state index is 11.4. The molecule has 1 rings (SSSR count). The number of rotatable bonds is 7. The van der Waals surface area contributed by atoms with Gasteiger partial charge in [-0.3, -0.25) is 9.59 Å². The average Bonchev–Trinajstić information content (AvgIpc) is 2.34. The summed E-state index contributed by atoms with van der Waals surface area (Å²) in [6.07, 6.45) is 1.17. The van der Waals surface area contributed by atoms with Gasteiger partial charge in [-0.1, -0.05) is 18.7 Å². The van der Waals surface area contributed by atoms with E-state index in [0.29, 0.717) is 24.2 Å². The van der Waals surface area contributed by atoms with Gasteiger partial charge in [0.15, 0.2) is 11.6 Å². The summed E-state index contributed by atoms with van der Waals surface area (Å²) in [6.45, 7) is 6.92. The molecule has 0 N–H and O–H groups in total. The fourth-order valence-electron chi connectivity index (χ4n) is 1.41. The molecule has 0 radical (unpaired) electrons. The standard InChI is InChI=1S/C15H18O3/c1-11(2)15(17)9-6-13-4-7-14(8-5-13)18-10-12(3)16/h4-5,7-8H,1,6,9-10H2,2-3H3. The van der Waals surface area contributed by atoms with Gasteiger partial charge in [-0.25, -0.2) is 0 Å². The summed E-state index contributed by atoms with van der Waals surface area (Å²) in [5.41, 5.74) is 1.66. The molecule has 96 valence electrons. The Morgan fingerprint density at radius 2 is 1.78 bits per heavy atom. The number of hydrogen-bond donors (Lipinski definition) is 0. The maximum absolute atomic E-state index is 11.4. The zero-order valence-corrected chi connectivity index (χ0v) is 10.9. The van der Waals surface area contributed by atoms with E-state index in [-0.39, 0.29) is 18.2 Å². The highest BCUT2D eigenvalue weighted by Gasteiger charge is 2.03. The highest BCUT2D eigenvalue weighted by Crippen LogP contribution is 2.14. The molecule has 3 heteroatoms. The van der Waals surface area contributed by atoms with E-state index in [2.05, 4.69) is 6.58 Å². The Kier molecular flexibility index (Phi) is 5.31. The molecule has 1 aromatic carbocycles. The Morgan fingerprint density at radius 3 is 2.28 bits per heavy atom. The van der Waals surface area contributed by atoms with Crippen LogP contribution in [0.2, 0.25) is 0 Å². The first-order valence-corrected chi connectivity index (χ1v) is 5.89. The Labute approximate surface area is 107 Å². The summed E-state index contributed by atoms with van der Waals surface area (Å²) in [4.78, 5) is 22.2. The lowest BCUT2D eigenvalue weighted by Gasteiger charge is -2.05. The van der Waals surface area contributed by atoms with Crippen LogP contribution < -0.4 is 4.74 Å². The second-order valence-electron chi connectivity index (χ2n) is 4.34. The topological polar surface area (TPSA) is 43.4 Å². The minimum atomic E-state index is -0.00821. The fraction of sp³-hybridized carbons (Fsp3) is 0.333. The highest BCUT2D eigenvalue weighted by molar-refractivity contribution is 5.94. The predicted molar refractivity (Wildman–Crippen MR) is 70.8 cm³/mol. The summed E-state index contributed by atoms with van der Waals surface area (Å²) in [5, 5.41) is 0. The number of carbonyl (C=O) groups is 2. The predicted octanol–water partition coefficient (Wildman–Crippen LogP) is 2.73.